The van der Waals surface area contributed by atoms with Crippen molar-refractivity contribution in [3.8, 4) is 0 Å². The van der Waals surface area contributed by atoms with Gasteiger partial charge >= 0.3 is 5.97 Å². The average molecular weight is 315 g/mol. The van der Waals surface area contributed by atoms with Gasteiger partial charge in [-0.2, -0.15) is 0 Å². The van der Waals surface area contributed by atoms with Gasteiger partial charge in [-0.1, -0.05) is 18.2 Å². The lowest BCUT2D eigenvalue weighted by molar-refractivity contribution is -0.139. The number of hydrogen-bond acceptors (Lipinski definition) is 3. The minimum Gasteiger partial charge on any atom is -0.462 e. The van der Waals surface area contributed by atoms with Gasteiger partial charge in [-0.15, -0.1) is 0 Å². The Kier molecular flexibility index (Phi) is 4.11. The molecular formula is C16H17N3O2S. The van der Waals surface area contributed by atoms with E-state index in [2.05, 4.69) is 21.7 Å². The van der Waals surface area contributed by atoms with Crippen LogP contribution in [0.3, 0.4) is 0 Å². The van der Waals surface area contributed by atoms with E-state index in [1.807, 2.05) is 31.3 Å². The van der Waals surface area contributed by atoms with Gasteiger partial charge in [0.25, 0.3) is 0 Å². The summed E-state index contributed by atoms with van der Waals surface area (Å²) in [6.45, 7) is 2.58. The molecule has 1 aliphatic heterocycles. The molecule has 0 radical (unpaired) electrons. The number of aromatic nitrogens is 1. The molecule has 22 heavy (non-hydrogen) atoms. The molecule has 5 nitrogen and oxygen atoms in total. The highest BCUT2D eigenvalue weighted by molar-refractivity contribution is 7.80. The number of ether oxygens (including phenoxy) is 1. The normalized spacial score (nSPS) is 14.7. The maximum atomic E-state index is 12.1. The molecule has 1 aliphatic rings. The predicted octanol–water partition coefficient (Wildman–Crippen LogP) is 2.01. The van der Waals surface area contributed by atoms with Gasteiger partial charge in [0.2, 0.25) is 0 Å². The third-order valence-corrected chi connectivity index (χ3v) is 3.95. The Morgan fingerprint density at radius 2 is 2.18 bits per heavy atom. The van der Waals surface area contributed by atoms with Crippen LogP contribution in [0.1, 0.15) is 12.5 Å². The minimum absolute atomic E-state index is 0.306. The highest BCUT2D eigenvalue weighted by atomic mass is 32.1. The molecule has 3 rings (SSSR count). The van der Waals surface area contributed by atoms with Crippen molar-refractivity contribution in [2.75, 3.05) is 13.2 Å². The minimum atomic E-state index is -0.306. The van der Waals surface area contributed by atoms with Crippen LogP contribution >= 0.6 is 12.2 Å². The third-order valence-electron chi connectivity index (χ3n) is 3.71. The van der Waals surface area contributed by atoms with Crippen LogP contribution in [0, 0.1) is 0 Å². The second-order valence-electron chi connectivity index (χ2n) is 5.16. The Labute approximate surface area is 133 Å². The van der Waals surface area contributed by atoms with Crippen molar-refractivity contribution in [2.24, 2.45) is 0 Å². The number of carbonyl (C=O) groups is 1. The van der Waals surface area contributed by atoms with E-state index in [1.54, 1.807) is 0 Å². The number of thiocarbonyl (C=S) groups is 1. The second-order valence-corrected chi connectivity index (χ2v) is 5.56. The molecule has 0 atom stereocenters. The van der Waals surface area contributed by atoms with E-state index in [9.17, 15) is 4.79 Å². The molecule has 0 fully saturated rings. The maximum Gasteiger partial charge on any atom is 0.337 e. The Balaban J connectivity index is 1.60. The van der Waals surface area contributed by atoms with Crippen LogP contribution < -0.4 is 10.6 Å². The number of esters is 1. The fourth-order valence-electron chi connectivity index (χ4n) is 2.50. The highest BCUT2D eigenvalue weighted by Gasteiger charge is 2.19. The first-order chi connectivity index (χ1) is 10.6. The quantitative estimate of drug-likeness (QED) is 0.595. The third kappa shape index (κ3) is 2.96. The van der Waals surface area contributed by atoms with Gasteiger partial charge in [-0.25, -0.2) is 4.79 Å². The number of allylic oxidation sites excluding steroid dienone is 1. The fraction of sp³-hybridized carbons (Fsp3) is 0.250. The van der Waals surface area contributed by atoms with E-state index in [0.29, 0.717) is 30.3 Å². The van der Waals surface area contributed by atoms with Crippen LogP contribution in [0.2, 0.25) is 0 Å². The zero-order valence-corrected chi connectivity index (χ0v) is 13.0. The van der Waals surface area contributed by atoms with Gasteiger partial charge < -0.3 is 20.4 Å². The number of aromatic amines is 1. The molecule has 6 heteroatoms. The van der Waals surface area contributed by atoms with E-state index in [-0.39, 0.29) is 5.97 Å². The van der Waals surface area contributed by atoms with Gasteiger partial charge in [-0.3, -0.25) is 0 Å². The fourth-order valence-corrected chi connectivity index (χ4v) is 2.72. The number of nitrogens with one attached hydrogen (secondary N) is 3. The molecule has 0 saturated carbocycles. The van der Waals surface area contributed by atoms with Crippen molar-refractivity contribution in [3.05, 3.63) is 47.3 Å². The monoisotopic (exact) mass is 315 g/mol. The standard InChI is InChI=1S/C16H17N3O2S/c1-10-13(9-18-16(22)19-10)15(20)21-7-6-11-8-17-14-5-3-2-4-12(11)14/h2-5,8,17H,6-7,9H2,1H3,(H2,18,19,22). The van der Waals surface area contributed by atoms with Crippen molar-refractivity contribution < 1.29 is 9.53 Å². The topological polar surface area (TPSA) is 66.2 Å². The molecule has 0 amide bonds. The first-order valence-corrected chi connectivity index (χ1v) is 7.52. The molecule has 0 spiro atoms. The zero-order valence-electron chi connectivity index (χ0n) is 12.2. The van der Waals surface area contributed by atoms with E-state index >= 15 is 0 Å². The van der Waals surface area contributed by atoms with Crippen molar-refractivity contribution >= 4 is 34.2 Å². The van der Waals surface area contributed by atoms with E-state index < -0.39 is 0 Å². The second kappa shape index (κ2) is 6.19. The summed E-state index contributed by atoms with van der Waals surface area (Å²) in [5.41, 5.74) is 3.58. The van der Waals surface area contributed by atoms with Crippen molar-refractivity contribution in [1.82, 2.24) is 15.6 Å². The van der Waals surface area contributed by atoms with Crippen molar-refractivity contribution in [1.29, 1.82) is 0 Å². The molecule has 1 aromatic carbocycles. The summed E-state index contributed by atoms with van der Waals surface area (Å²) in [5, 5.41) is 7.56. The van der Waals surface area contributed by atoms with Gasteiger partial charge in [0, 0.05) is 29.2 Å². The average Bonchev–Trinajstić information content (AvgIpc) is 2.90. The Bertz CT molecular complexity index is 764. The zero-order chi connectivity index (χ0) is 15.5. The molecule has 3 N–H and O–H groups in total. The molecule has 0 unspecified atom stereocenters. The first-order valence-electron chi connectivity index (χ1n) is 7.12. The van der Waals surface area contributed by atoms with Crippen LogP contribution in [0.15, 0.2) is 41.7 Å². The van der Waals surface area contributed by atoms with Crippen LogP contribution in [0.5, 0.6) is 0 Å². The largest absolute Gasteiger partial charge is 0.462 e. The van der Waals surface area contributed by atoms with Crippen LogP contribution in [0.4, 0.5) is 0 Å². The summed E-state index contributed by atoms with van der Waals surface area (Å²) in [6.07, 6.45) is 2.65. The van der Waals surface area contributed by atoms with E-state index in [1.165, 1.54) is 5.39 Å². The summed E-state index contributed by atoms with van der Waals surface area (Å²) in [7, 11) is 0. The summed E-state index contributed by atoms with van der Waals surface area (Å²) in [6, 6.07) is 8.08. The highest BCUT2D eigenvalue weighted by Crippen LogP contribution is 2.18. The number of hydrogen-bond donors (Lipinski definition) is 3. The maximum absolute atomic E-state index is 12.1. The van der Waals surface area contributed by atoms with Crippen LogP contribution in [-0.2, 0) is 16.0 Å². The van der Waals surface area contributed by atoms with Gasteiger partial charge in [0.05, 0.1) is 18.7 Å². The lowest BCUT2D eigenvalue weighted by Gasteiger charge is -2.20. The lowest BCUT2D eigenvalue weighted by Crippen LogP contribution is -2.43. The molecule has 2 aromatic rings. The Hall–Kier alpha value is -2.34. The Morgan fingerprint density at radius 3 is 3.00 bits per heavy atom. The summed E-state index contributed by atoms with van der Waals surface area (Å²) < 4.78 is 5.38. The van der Waals surface area contributed by atoms with Gasteiger partial charge in [-0.05, 0) is 30.8 Å². The predicted molar refractivity (Wildman–Crippen MR) is 89.4 cm³/mol. The Morgan fingerprint density at radius 1 is 1.36 bits per heavy atom. The molecule has 0 aliphatic carbocycles. The molecule has 0 bridgehead atoms. The molecule has 1 aromatic heterocycles. The van der Waals surface area contributed by atoms with E-state index in [4.69, 9.17) is 17.0 Å². The van der Waals surface area contributed by atoms with E-state index in [0.717, 1.165) is 16.8 Å². The number of fused-ring (bicyclic) bond motifs is 1. The molecule has 0 saturated heterocycles. The smallest absolute Gasteiger partial charge is 0.337 e. The number of H-pyrrole nitrogens is 1. The van der Waals surface area contributed by atoms with Crippen LogP contribution in [0.25, 0.3) is 10.9 Å². The van der Waals surface area contributed by atoms with Gasteiger partial charge in [0.15, 0.2) is 5.11 Å². The lowest BCUT2D eigenvalue weighted by atomic mass is 10.1. The SMILES string of the molecule is CC1=C(C(=O)OCCc2c[nH]c3ccccc23)CNC(=S)N1. The molecule has 2 heterocycles. The summed E-state index contributed by atoms with van der Waals surface area (Å²) in [5.74, 6) is -0.306. The summed E-state index contributed by atoms with van der Waals surface area (Å²) >= 11 is 5.00. The number of para-hydroxylation sites is 1. The number of benzene rings is 1. The van der Waals surface area contributed by atoms with Crippen molar-refractivity contribution in [3.63, 3.8) is 0 Å². The number of rotatable bonds is 4. The summed E-state index contributed by atoms with van der Waals surface area (Å²) in [4.78, 5) is 15.3. The van der Waals surface area contributed by atoms with Crippen LogP contribution in [-0.4, -0.2) is 29.2 Å². The first kappa shape index (κ1) is 14.6. The molecular weight excluding hydrogens is 298 g/mol. The number of carbonyl (C=O) groups excluding carboxylic acids is 1. The van der Waals surface area contributed by atoms with Gasteiger partial charge in [0.1, 0.15) is 0 Å². The molecule has 114 valence electrons. The van der Waals surface area contributed by atoms with Crippen molar-refractivity contribution in [2.45, 2.75) is 13.3 Å².